The number of anilines is 1. The highest BCUT2D eigenvalue weighted by Gasteiger charge is 2.47. The summed E-state index contributed by atoms with van der Waals surface area (Å²) in [6, 6.07) is 14.9. The van der Waals surface area contributed by atoms with Crippen molar-refractivity contribution in [2.45, 2.75) is 13.0 Å². The van der Waals surface area contributed by atoms with Crippen LogP contribution in [0.1, 0.15) is 22.7 Å². The number of aliphatic hydroxyl groups excluding tert-OH is 1. The van der Waals surface area contributed by atoms with E-state index in [1.54, 1.807) is 54.9 Å². The molecule has 0 spiro atoms. The maximum absolute atomic E-state index is 13.2. The van der Waals surface area contributed by atoms with E-state index in [0.717, 1.165) is 5.56 Å². The van der Waals surface area contributed by atoms with Crippen molar-refractivity contribution >= 4 is 23.1 Å². The Labute approximate surface area is 185 Å². The predicted molar refractivity (Wildman–Crippen MR) is 120 cm³/mol. The number of Topliss-reactive ketones (excluding diaryl/α,β-unsaturated/α-hetero) is 1. The fourth-order valence-corrected chi connectivity index (χ4v) is 3.88. The molecular formula is C25H22N2O5. The van der Waals surface area contributed by atoms with Crippen molar-refractivity contribution in [1.29, 1.82) is 0 Å². The lowest BCUT2D eigenvalue weighted by atomic mass is 9.95. The molecule has 0 aliphatic carbocycles. The van der Waals surface area contributed by atoms with Crippen molar-refractivity contribution in [2.24, 2.45) is 0 Å². The molecule has 1 N–H and O–H groups in total. The van der Waals surface area contributed by atoms with Crippen LogP contribution in [0.25, 0.3) is 5.76 Å². The van der Waals surface area contributed by atoms with Gasteiger partial charge in [-0.15, -0.1) is 0 Å². The van der Waals surface area contributed by atoms with Gasteiger partial charge in [-0.25, -0.2) is 0 Å². The summed E-state index contributed by atoms with van der Waals surface area (Å²) in [5, 5.41) is 11.4. The molecule has 0 bridgehead atoms. The number of aryl methyl sites for hydroxylation is 1. The third kappa shape index (κ3) is 3.47. The van der Waals surface area contributed by atoms with E-state index in [4.69, 9.17) is 9.47 Å². The van der Waals surface area contributed by atoms with Gasteiger partial charge in [0.15, 0.2) is 0 Å². The summed E-state index contributed by atoms with van der Waals surface area (Å²) in [5.74, 6) is -1.26. The number of amides is 1. The molecule has 32 heavy (non-hydrogen) atoms. The summed E-state index contributed by atoms with van der Waals surface area (Å²) >= 11 is 0. The van der Waals surface area contributed by atoms with Crippen LogP contribution in [0.15, 0.2) is 72.6 Å². The summed E-state index contributed by atoms with van der Waals surface area (Å²) in [6.07, 6.45) is 3.16. The molecule has 2 heterocycles. The van der Waals surface area contributed by atoms with Crippen LogP contribution in [0, 0.1) is 6.92 Å². The molecule has 1 aliphatic rings. The van der Waals surface area contributed by atoms with Gasteiger partial charge >= 0.3 is 0 Å². The van der Waals surface area contributed by atoms with Crippen molar-refractivity contribution in [3.05, 3.63) is 89.3 Å². The highest BCUT2D eigenvalue weighted by atomic mass is 16.5. The average Bonchev–Trinajstić information content (AvgIpc) is 3.09. The van der Waals surface area contributed by atoms with Gasteiger partial charge in [-0.1, -0.05) is 23.8 Å². The minimum absolute atomic E-state index is 0.0513. The van der Waals surface area contributed by atoms with Crippen LogP contribution in [0.4, 0.5) is 5.69 Å². The van der Waals surface area contributed by atoms with Gasteiger partial charge in [0.25, 0.3) is 11.7 Å². The van der Waals surface area contributed by atoms with Crippen LogP contribution in [-0.2, 0) is 9.59 Å². The molecule has 0 radical (unpaired) electrons. The SMILES string of the molecule is COc1cccc(OC)c1/C(O)=C1\C(=O)C(=O)N(c2ccc(C)cc2)C1c1ccncc1. The Balaban J connectivity index is 2.00. The number of benzene rings is 2. The smallest absolute Gasteiger partial charge is 0.300 e. The van der Waals surface area contributed by atoms with E-state index in [2.05, 4.69) is 4.98 Å². The number of hydrogen-bond donors (Lipinski definition) is 1. The molecule has 2 aromatic carbocycles. The van der Waals surface area contributed by atoms with Gasteiger partial charge in [0, 0.05) is 18.1 Å². The first-order valence-corrected chi connectivity index (χ1v) is 9.97. The van der Waals surface area contributed by atoms with Gasteiger partial charge in [0.2, 0.25) is 0 Å². The van der Waals surface area contributed by atoms with Gasteiger partial charge in [-0.3, -0.25) is 19.5 Å². The number of rotatable bonds is 5. The quantitative estimate of drug-likeness (QED) is 0.373. The number of hydrogen-bond acceptors (Lipinski definition) is 6. The Kier molecular flexibility index (Phi) is 5.64. The van der Waals surface area contributed by atoms with Crippen molar-refractivity contribution in [1.82, 2.24) is 4.98 Å². The molecule has 3 aromatic rings. The summed E-state index contributed by atoms with van der Waals surface area (Å²) in [5.41, 5.74) is 2.35. The molecule has 7 nitrogen and oxygen atoms in total. The predicted octanol–water partition coefficient (Wildman–Crippen LogP) is 4.03. The summed E-state index contributed by atoms with van der Waals surface area (Å²) in [6.45, 7) is 1.94. The second-order valence-electron chi connectivity index (χ2n) is 7.32. The fraction of sp³-hybridized carbons (Fsp3) is 0.160. The summed E-state index contributed by atoms with van der Waals surface area (Å²) in [4.78, 5) is 31.9. The molecule has 1 saturated heterocycles. The first kappa shape index (κ1) is 21.1. The van der Waals surface area contributed by atoms with Gasteiger partial charge in [0.1, 0.15) is 22.8 Å². The van der Waals surface area contributed by atoms with E-state index in [-0.39, 0.29) is 16.9 Å². The molecule has 1 aliphatic heterocycles. The van der Waals surface area contributed by atoms with Gasteiger partial charge < -0.3 is 14.6 Å². The van der Waals surface area contributed by atoms with E-state index >= 15 is 0 Å². The Morgan fingerprint density at radius 3 is 2.09 bits per heavy atom. The molecule has 1 amide bonds. The van der Waals surface area contributed by atoms with Crippen LogP contribution < -0.4 is 14.4 Å². The lowest BCUT2D eigenvalue weighted by Crippen LogP contribution is -2.29. The molecular weight excluding hydrogens is 408 g/mol. The highest BCUT2D eigenvalue weighted by Crippen LogP contribution is 2.44. The van der Waals surface area contributed by atoms with Crippen molar-refractivity contribution in [3.63, 3.8) is 0 Å². The number of carbonyl (C=O) groups excluding carboxylic acids is 2. The minimum Gasteiger partial charge on any atom is -0.506 e. The zero-order valence-electron chi connectivity index (χ0n) is 17.9. The number of aliphatic hydroxyl groups is 1. The number of ketones is 1. The maximum Gasteiger partial charge on any atom is 0.300 e. The number of carbonyl (C=O) groups is 2. The van der Waals surface area contributed by atoms with Crippen LogP contribution in [-0.4, -0.2) is 36.0 Å². The summed E-state index contributed by atoms with van der Waals surface area (Å²) < 4.78 is 10.8. The standard InChI is InChI=1S/C25H22N2O5/c1-15-7-9-17(10-8-15)27-22(16-11-13-26-14-12-16)21(24(29)25(27)30)23(28)20-18(31-2)5-4-6-19(20)32-3/h4-14,22,28H,1-3H3/b23-21+. The minimum atomic E-state index is -0.852. The highest BCUT2D eigenvalue weighted by molar-refractivity contribution is 6.51. The number of pyridine rings is 1. The maximum atomic E-state index is 13.2. The van der Waals surface area contributed by atoms with Crippen LogP contribution in [0.5, 0.6) is 11.5 Å². The first-order chi connectivity index (χ1) is 15.5. The molecule has 1 fully saturated rings. The monoisotopic (exact) mass is 430 g/mol. The second kappa shape index (κ2) is 8.55. The van der Waals surface area contributed by atoms with E-state index in [1.165, 1.54) is 19.1 Å². The zero-order valence-corrected chi connectivity index (χ0v) is 17.9. The number of aromatic nitrogens is 1. The van der Waals surface area contributed by atoms with Crippen LogP contribution >= 0.6 is 0 Å². The molecule has 1 unspecified atom stereocenters. The van der Waals surface area contributed by atoms with Gasteiger partial charge in [0.05, 0.1) is 25.8 Å². The zero-order chi connectivity index (χ0) is 22.8. The Bertz CT molecular complexity index is 1180. The molecule has 4 rings (SSSR count). The third-order valence-electron chi connectivity index (χ3n) is 5.44. The summed E-state index contributed by atoms with van der Waals surface area (Å²) in [7, 11) is 2.91. The molecule has 0 saturated carbocycles. The Morgan fingerprint density at radius 2 is 1.53 bits per heavy atom. The number of nitrogens with zero attached hydrogens (tertiary/aromatic N) is 2. The average molecular weight is 430 g/mol. The lowest BCUT2D eigenvalue weighted by molar-refractivity contribution is -0.132. The van der Waals surface area contributed by atoms with Crippen molar-refractivity contribution < 1.29 is 24.2 Å². The van der Waals surface area contributed by atoms with Crippen molar-refractivity contribution in [2.75, 3.05) is 19.1 Å². The normalized spacial score (nSPS) is 17.5. The molecule has 1 aromatic heterocycles. The topological polar surface area (TPSA) is 89.0 Å². The van der Waals surface area contributed by atoms with Crippen molar-refractivity contribution in [3.8, 4) is 11.5 Å². The van der Waals surface area contributed by atoms with Gasteiger partial charge in [-0.05, 0) is 48.9 Å². The van der Waals surface area contributed by atoms with Crippen LogP contribution in [0.3, 0.4) is 0 Å². The van der Waals surface area contributed by atoms with Gasteiger partial charge in [-0.2, -0.15) is 0 Å². The molecule has 162 valence electrons. The lowest BCUT2D eigenvalue weighted by Gasteiger charge is -2.25. The number of ether oxygens (including phenoxy) is 2. The van der Waals surface area contributed by atoms with E-state index in [9.17, 15) is 14.7 Å². The largest absolute Gasteiger partial charge is 0.506 e. The Morgan fingerprint density at radius 1 is 0.938 bits per heavy atom. The Hall–Kier alpha value is -4.13. The molecule has 7 heteroatoms. The first-order valence-electron chi connectivity index (χ1n) is 9.97. The third-order valence-corrected chi connectivity index (χ3v) is 5.44. The van der Waals surface area contributed by atoms with E-state index in [1.807, 2.05) is 19.1 Å². The second-order valence-corrected chi connectivity index (χ2v) is 7.32. The van der Waals surface area contributed by atoms with E-state index in [0.29, 0.717) is 22.7 Å². The van der Waals surface area contributed by atoms with E-state index < -0.39 is 17.7 Å². The molecule has 1 atom stereocenters. The van der Waals surface area contributed by atoms with Crippen LogP contribution in [0.2, 0.25) is 0 Å². The number of methoxy groups -OCH3 is 2. The fourth-order valence-electron chi connectivity index (χ4n) is 3.88.